The highest BCUT2D eigenvalue weighted by Gasteiger charge is 2.18. The minimum Gasteiger partial charge on any atom is -0.378 e. The molecule has 3 N–H and O–H groups in total. The molecule has 1 aliphatic rings. The molecule has 5 heteroatoms. The topological polar surface area (TPSA) is 47.3 Å². The van der Waals surface area contributed by atoms with Crippen molar-refractivity contribution in [3.63, 3.8) is 0 Å². The van der Waals surface area contributed by atoms with E-state index in [1.807, 2.05) is 12.1 Å². The van der Waals surface area contributed by atoms with Gasteiger partial charge in [0.05, 0.1) is 6.10 Å². The van der Waals surface area contributed by atoms with E-state index in [1.54, 1.807) is 6.07 Å². The quantitative estimate of drug-likeness (QED) is 0.620. The van der Waals surface area contributed by atoms with Crippen molar-refractivity contribution >= 4 is 23.2 Å². The van der Waals surface area contributed by atoms with Gasteiger partial charge in [-0.15, -0.1) is 0 Å². The zero-order valence-electron chi connectivity index (χ0n) is 10.9. The molecule has 0 radical (unpaired) electrons. The van der Waals surface area contributed by atoms with Gasteiger partial charge >= 0.3 is 0 Å². The van der Waals surface area contributed by atoms with E-state index in [0.717, 1.165) is 31.4 Å². The lowest BCUT2D eigenvalue weighted by Gasteiger charge is -2.19. The number of nitrogens with one attached hydrogen (secondary N) is 1. The number of benzene rings is 1. The van der Waals surface area contributed by atoms with Gasteiger partial charge in [0, 0.05) is 22.7 Å². The first kappa shape index (κ1) is 15.1. The van der Waals surface area contributed by atoms with E-state index in [9.17, 15) is 0 Å². The first-order valence-corrected chi connectivity index (χ1v) is 7.49. The molecule has 106 valence electrons. The number of nitrogens with two attached hydrogens (primary N) is 1. The third-order valence-corrected chi connectivity index (χ3v) is 4.16. The maximum atomic E-state index is 6.20. The van der Waals surface area contributed by atoms with Crippen molar-refractivity contribution in [2.45, 2.75) is 44.2 Å². The highest BCUT2D eigenvalue weighted by atomic mass is 35.5. The van der Waals surface area contributed by atoms with Crippen LogP contribution in [0, 0.1) is 0 Å². The molecule has 1 fully saturated rings. The Morgan fingerprint density at radius 1 is 1.42 bits per heavy atom. The highest BCUT2D eigenvalue weighted by Crippen LogP contribution is 2.29. The van der Waals surface area contributed by atoms with E-state index in [-0.39, 0.29) is 6.04 Å². The Kier molecular flexibility index (Phi) is 5.92. The summed E-state index contributed by atoms with van der Waals surface area (Å²) >= 11 is 12.2. The van der Waals surface area contributed by atoms with Crippen LogP contribution in [-0.4, -0.2) is 12.7 Å². The average molecular weight is 303 g/mol. The zero-order valence-corrected chi connectivity index (χ0v) is 12.4. The zero-order chi connectivity index (χ0) is 13.7. The van der Waals surface area contributed by atoms with Crippen molar-refractivity contribution in [2.75, 3.05) is 6.61 Å². The standard InChI is InChI=1S/C14H20Cl2N2O/c15-10-6-7-13(16)12(9-10)14(18-17)5-1-3-11-4-2-8-19-11/h6-7,9,11,14,18H,1-5,8,17H2. The van der Waals surface area contributed by atoms with E-state index in [2.05, 4.69) is 5.43 Å². The molecule has 0 bridgehead atoms. The molecule has 1 aromatic rings. The van der Waals surface area contributed by atoms with Crippen LogP contribution in [0.2, 0.25) is 10.0 Å². The maximum absolute atomic E-state index is 6.20. The fourth-order valence-corrected chi connectivity index (χ4v) is 2.96. The van der Waals surface area contributed by atoms with Crippen LogP contribution in [0.4, 0.5) is 0 Å². The molecule has 1 heterocycles. The van der Waals surface area contributed by atoms with Gasteiger partial charge in [-0.1, -0.05) is 23.2 Å². The van der Waals surface area contributed by atoms with Gasteiger partial charge < -0.3 is 4.74 Å². The summed E-state index contributed by atoms with van der Waals surface area (Å²) in [6.45, 7) is 0.906. The Hall–Kier alpha value is -0.320. The number of hydrogen-bond acceptors (Lipinski definition) is 3. The lowest BCUT2D eigenvalue weighted by molar-refractivity contribution is 0.101. The number of halogens is 2. The molecule has 0 aromatic heterocycles. The Bertz CT molecular complexity index is 408. The highest BCUT2D eigenvalue weighted by molar-refractivity contribution is 6.33. The molecule has 1 aliphatic heterocycles. The van der Waals surface area contributed by atoms with Gasteiger partial charge in [-0.25, -0.2) is 0 Å². The molecule has 0 aliphatic carbocycles. The summed E-state index contributed by atoms with van der Waals surface area (Å²) in [4.78, 5) is 0. The first-order chi connectivity index (χ1) is 9.20. The third-order valence-electron chi connectivity index (χ3n) is 3.58. The Balaban J connectivity index is 1.89. The Morgan fingerprint density at radius 2 is 2.26 bits per heavy atom. The van der Waals surface area contributed by atoms with Crippen LogP contribution in [0.1, 0.15) is 43.7 Å². The molecular formula is C14H20Cl2N2O. The predicted octanol–water partition coefficient (Wildman–Crippen LogP) is 3.85. The largest absolute Gasteiger partial charge is 0.378 e. The van der Waals surface area contributed by atoms with Gasteiger partial charge in [-0.05, 0) is 55.9 Å². The number of rotatable bonds is 6. The first-order valence-electron chi connectivity index (χ1n) is 6.73. The van der Waals surface area contributed by atoms with Gasteiger partial charge in [0.25, 0.3) is 0 Å². The lowest BCUT2D eigenvalue weighted by atomic mass is 9.99. The number of hydrogen-bond donors (Lipinski definition) is 2. The van der Waals surface area contributed by atoms with Crippen LogP contribution >= 0.6 is 23.2 Å². The van der Waals surface area contributed by atoms with E-state index >= 15 is 0 Å². The van der Waals surface area contributed by atoms with Crippen molar-refractivity contribution in [2.24, 2.45) is 5.84 Å². The second kappa shape index (κ2) is 7.46. The smallest absolute Gasteiger partial charge is 0.0576 e. The van der Waals surface area contributed by atoms with Gasteiger partial charge in [-0.3, -0.25) is 11.3 Å². The van der Waals surface area contributed by atoms with E-state index in [1.165, 1.54) is 12.8 Å². The minimum absolute atomic E-state index is 0.0348. The lowest BCUT2D eigenvalue weighted by Crippen LogP contribution is -2.28. The monoisotopic (exact) mass is 302 g/mol. The van der Waals surface area contributed by atoms with Crippen molar-refractivity contribution in [1.82, 2.24) is 5.43 Å². The Labute approximate surface area is 124 Å². The van der Waals surface area contributed by atoms with Gasteiger partial charge in [-0.2, -0.15) is 0 Å². The molecule has 2 unspecified atom stereocenters. The molecule has 2 rings (SSSR count). The molecule has 0 spiro atoms. The fourth-order valence-electron chi connectivity index (χ4n) is 2.53. The van der Waals surface area contributed by atoms with Crippen molar-refractivity contribution in [1.29, 1.82) is 0 Å². The number of ether oxygens (including phenoxy) is 1. The summed E-state index contributed by atoms with van der Waals surface area (Å²) in [6, 6.07) is 5.50. The molecule has 0 saturated carbocycles. The van der Waals surface area contributed by atoms with Gasteiger partial charge in [0.1, 0.15) is 0 Å². The van der Waals surface area contributed by atoms with Crippen molar-refractivity contribution < 1.29 is 4.74 Å². The third kappa shape index (κ3) is 4.33. The fraction of sp³-hybridized carbons (Fsp3) is 0.571. The molecule has 3 nitrogen and oxygen atoms in total. The van der Waals surface area contributed by atoms with Gasteiger partial charge in [0.2, 0.25) is 0 Å². The van der Waals surface area contributed by atoms with Crippen LogP contribution in [0.3, 0.4) is 0 Å². The summed E-state index contributed by atoms with van der Waals surface area (Å²) in [5, 5.41) is 1.38. The van der Waals surface area contributed by atoms with Crippen molar-refractivity contribution in [3.05, 3.63) is 33.8 Å². The predicted molar refractivity (Wildman–Crippen MR) is 79.4 cm³/mol. The van der Waals surface area contributed by atoms with Crippen molar-refractivity contribution in [3.8, 4) is 0 Å². The summed E-state index contributed by atoms with van der Waals surface area (Å²) < 4.78 is 5.62. The van der Waals surface area contributed by atoms with E-state index < -0.39 is 0 Å². The second-order valence-electron chi connectivity index (χ2n) is 4.95. The van der Waals surface area contributed by atoms with Crippen LogP contribution in [0.5, 0.6) is 0 Å². The maximum Gasteiger partial charge on any atom is 0.0576 e. The van der Waals surface area contributed by atoms with Gasteiger partial charge in [0.15, 0.2) is 0 Å². The molecule has 1 aromatic carbocycles. The summed E-state index contributed by atoms with van der Waals surface area (Å²) in [6.07, 6.45) is 5.85. The Morgan fingerprint density at radius 3 is 2.95 bits per heavy atom. The molecule has 2 atom stereocenters. The normalized spacial score (nSPS) is 20.7. The SMILES string of the molecule is NNC(CCCC1CCCO1)c1cc(Cl)ccc1Cl. The number of hydrazine groups is 1. The van der Waals surface area contributed by atoms with Crippen LogP contribution in [-0.2, 0) is 4.74 Å². The molecular weight excluding hydrogens is 283 g/mol. The van der Waals surface area contributed by atoms with Crippen LogP contribution < -0.4 is 11.3 Å². The summed E-state index contributed by atoms with van der Waals surface area (Å²) in [7, 11) is 0. The second-order valence-corrected chi connectivity index (χ2v) is 5.79. The minimum atomic E-state index is 0.0348. The van der Waals surface area contributed by atoms with E-state index in [0.29, 0.717) is 16.1 Å². The molecule has 19 heavy (non-hydrogen) atoms. The molecule has 0 amide bonds. The van der Waals surface area contributed by atoms with Crippen LogP contribution in [0.25, 0.3) is 0 Å². The summed E-state index contributed by atoms with van der Waals surface area (Å²) in [5.41, 5.74) is 3.79. The van der Waals surface area contributed by atoms with Crippen LogP contribution in [0.15, 0.2) is 18.2 Å². The average Bonchev–Trinajstić information content (AvgIpc) is 2.91. The van der Waals surface area contributed by atoms with E-state index in [4.69, 9.17) is 33.8 Å². The molecule has 1 saturated heterocycles. The summed E-state index contributed by atoms with van der Waals surface area (Å²) in [5.74, 6) is 5.64.